The molecule has 0 unspecified atom stereocenters. The Labute approximate surface area is 89.7 Å². The standard InChI is InChI=1S/C10H6F3N3/c11-10(12,13)8-1-2-9(16-4-3-14)7(5-8)6-15/h1-2,5,16H,4H2. The van der Waals surface area contributed by atoms with Crippen molar-refractivity contribution in [1.82, 2.24) is 0 Å². The molecule has 0 aliphatic heterocycles. The van der Waals surface area contributed by atoms with Crippen LogP contribution in [-0.2, 0) is 6.18 Å². The van der Waals surface area contributed by atoms with Gasteiger partial charge in [-0.05, 0) is 18.2 Å². The van der Waals surface area contributed by atoms with Crippen LogP contribution < -0.4 is 5.32 Å². The van der Waals surface area contributed by atoms with E-state index in [-0.39, 0.29) is 17.8 Å². The van der Waals surface area contributed by atoms with E-state index < -0.39 is 11.7 Å². The van der Waals surface area contributed by atoms with Crippen molar-refractivity contribution in [2.45, 2.75) is 6.18 Å². The van der Waals surface area contributed by atoms with E-state index >= 15 is 0 Å². The van der Waals surface area contributed by atoms with Crippen LogP contribution in [-0.4, -0.2) is 6.54 Å². The number of anilines is 1. The highest BCUT2D eigenvalue weighted by Gasteiger charge is 2.30. The maximum absolute atomic E-state index is 12.3. The van der Waals surface area contributed by atoms with Crippen molar-refractivity contribution < 1.29 is 13.2 Å². The van der Waals surface area contributed by atoms with Gasteiger partial charge >= 0.3 is 6.18 Å². The minimum atomic E-state index is -4.47. The fourth-order valence-corrected chi connectivity index (χ4v) is 1.10. The molecule has 0 aromatic heterocycles. The summed E-state index contributed by atoms with van der Waals surface area (Å²) in [4.78, 5) is 0. The van der Waals surface area contributed by atoms with Gasteiger partial charge in [-0.3, -0.25) is 0 Å². The van der Waals surface area contributed by atoms with Crippen molar-refractivity contribution in [3.8, 4) is 12.1 Å². The largest absolute Gasteiger partial charge is 0.416 e. The van der Waals surface area contributed by atoms with Gasteiger partial charge in [-0.25, -0.2) is 0 Å². The number of benzene rings is 1. The molecule has 6 heteroatoms. The smallest absolute Gasteiger partial charge is 0.371 e. The lowest BCUT2D eigenvalue weighted by Crippen LogP contribution is -2.07. The summed E-state index contributed by atoms with van der Waals surface area (Å²) < 4.78 is 36.9. The molecule has 82 valence electrons. The second-order valence-electron chi connectivity index (χ2n) is 2.88. The van der Waals surface area contributed by atoms with E-state index in [1.54, 1.807) is 12.1 Å². The number of nitrogens with one attached hydrogen (secondary N) is 1. The molecule has 0 radical (unpaired) electrons. The third-order valence-electron chi connectivity index (χ3n) is 1.83. The molecule has 0 aliphatic carbocycles. The van der Waals surface area contributed by atoms with Crippen LogP contribution in [0, 0.1) is 22.7 Å². The minimum Gasteiger partial charge on any atom is -0.371 e. The number of hydrogen-bond acceptors (Lipinski definition) is 3. The second-order valence-corrected chi connectivity index (χ2v) is 2.88. The highest BCUT2D eigenvalue weighted by molar-refractivity contribution is 5.59. The summed E-state index contributed by atoms with van der Waals surface area (Å²) in [6.07, 6.45) is -4.47. The van der Waals surface area contributed by atoms with Crippen LogP contribution in [0.1, 0.15) is 11.1 Å². The molecule has 1 rings (SSSR count). The molecule has 0 bridgehead atoms. The predicted octanol–water partition coefficient (Wildman–Crippen LogP) is 2.51. The molecular weight excluding hydrogens is 219 g/mol. The Kier molecular flexibility index (Phi) is 3.37. The Morgan fingerprint density at radius 3 is 2.44 bits per heavy atom. The number of nitrogens with zero attached hydrogens (tertiary/aromatic N) is 2. The third kappa shape index (κ3) is 2.64. The van der Waals surface area contributed by atoms with Crippen LogP contribution in [0.3, 0.4) is 0 Å². The summed E-state index contributed by atoms with van der Waals surface area (Å²) in [5.74, 6) is 0. The molecule has 1 N–H and O–H groups in total. The zero-order valence-corrected chi connectivity index (χ0v) is 7.97. The van der Waals surface area contributed by atoms with Crippen molar-refractivity contribution in [3.63, 3.8) is 0 Å². The van der Waals surface area contributed by atoms with E-state index in [9.17, 15) is 13.2 Å². The quantitative estimate of drug-likeness (QED) is 0.786. The van der Waals surface area contributed by atoms with Crippen LogP contribution >= 0.6 is 0 Å². The summed E-state index contributed by atoms with van der Waals surface area (Å²) in [5, 5.41) is 19.5. The van der Waals surface area contributed by atoms with E-state index in [4.69, 9.17) is 10.5 Å². The van der Waals surface area contributed by atoms with Crippen molar-refractivity contribution in [3.05, 3.63) is 29.3 Å². The molecule has 0 fully saturated rings. The van der Waals surface area contributed by atoms with Crippen molar-refractivity contribution >= 4 is 5.69 Å². The van der Waals surface area contributed by atoms with Crippen molar-refractivity contribution in [1.29, 1.82) is 10.5 Å². The van der Waals surface area contributed by atoms with Crippen LogP contribution in [0.15, 0.2) is 18.2 Å². The van der Waals surface area contributed by atoms with Gasteiger partial charge in [-0.15, -0.1) is 0 Å². The monoisotopic (exact) mass is 225 g/mol. The summed E-state index contributed by atoms with van der Waals surface area (Å²) in [5.41, 5.74) is -0.798. The molecule has 0 amide bonds. The fraction of sp³-hybridized carbons (Fsp3) is 0.200. The molecule has 3 nitrogen and oxygen atoms in total. The van der Waals surface area contributed by atoms with Gasteiger partial charge in [0.05, 0.1) is 22.9 Å². The first-order chi connectivity index (χ1) is 7.49. The predicted molar refractivity (Wildman–Crippen MR) is 50.3 cm³/mol. The van der Waals surface area contributed by atoms with Crippen LogP contribution in [0.5, 0.6) is 0 Å². The average molecular weight is 225 g/mol. The van der Waals surface area contributed by atoms with Crippen molar-refractivity contribution in [2.75, 3.05) is 11.9 Å². The Morgan fingerprint density at radius 1 is 1.25 bits per heavy atom. The molecule has 0 heterocycles. The van der Waals surface area contributed by atoms with E-state index in [0.29, 0.717) is 0 Å². The Bertz CT molecular complexity index is 466. The molecule has 0 aliphatic rings. The van der Waals surface area contributed by atoms with Crippen LogP contribution in [0.2, 0.25) is 0 Å². The number of halogens is 3. The van der Waals surface area contributed by atoms with Crippen LogP contribution in [0.25, 0.3) is 0 Å². The normalized spacial score (nSPS) is 10.3. The Hall–Kier alpha value is -2.21. The number of rotatable bonds is 2. The number of nitriles is 2. The number of hydrogen-bond donors (Lipinski definition) is 1. The van der Waals surface area contributed by atoms with E-state index in [2.05, 4.69) is 5.32 Å². The Morgan fingerprint density at radius 2 is 1.94 bits per heavy atom. The average Bonchev–Trinajstić information content (AvgIpc) is 2.24. The minimum absolute atomic E-state index is 0.0694. The zero-order valence-electron chi connectivity index (χ0n) is 7.97. The molecular formula is C10H6F3N3. The summed E-state index contributed by atoms with van der Waals surface area (Å²) in [6, 6.07) is 6.16. The van der Waals surface area contributed by atoms with Gasteiger partial charge in [0.25, 0.3) is 0 Å². The van der Waals surface area contributed by atoms with Gasteiger partial charge in [0.2, 0.25) is 0 Å². The van der Waals surface area contributed by atoms with Gasteiger partial charge in [0.1, 0.15) is 12.6 Å². The van der Waals surface area contributed by atoms with E-state index in [1.807, 2.05) is 0 Å². The fourth-order valence-electron chi connectivity index (χ4n) is 1.10. The molecule has 0 saturated carbocycles. The lowest BCUT2D eigenvalue weighted by Gasteiger charge is -2.09. The van der Waals surface area contributed by atoms with Crippen LogP contribution in [0.4, 0.5) is 18.9 Å². The highest BCUT2D eigenvalue weighted by atomic mass is 19.4. The molecule has 16 heavy (non-hydrogen) atoms. The molecule has 1 aromatic rings. The maximum atomic E-state index is 12.3. The SMILES string of the molecule is N#CCNc1ccc(C(F)(F)F)cc1C#N. The van der Waals surface area contributed by atoms with Gasteiger partial charge in [-0.2, -0.15) is 23.7 Å². The first-order valence-corrected chi connectivity index (χ1v) is 4.21. The molecule has 0 saturated heterocycles. The number of alkyl halides is 3. The second kappa shape index (κ2) is 4.54. The molecule has 0 atom stereocenters. The first-order valence-electron chi connectivity index (χ1n) is 4.21. The van der Waals surface area contributed by atoms with E-state index in [1.165, 1.54) is 0 Å². The highest BCUT2D eigenvalue weighted by Crippen LogP contribution is 2.31. The summed E-state index contributed by atoms with van der Waals surface area (Å²) in [7, 11) is 0. The van der Waals surface area contributed by atoms with Gasteiger partial charge in [0, 0.05) is 0 Å². The summed E-state index contributed by atoms with van der Waals surface area (Å²) in [6.45, 7) is -0.0694. The van der Waals surface area contributed by atoms with Crippen molar-refractivity contribution in [2.24, 2.45) is 0 Å². The zero-order chi connectivity index (χ0) is 12.2. The van der Waals surface area contributed by atoms with Gasteiger partial charge < -0.3 is 5.32 Å². The first kappa shape index (κ1) is 11.9. The van der Waals surface area contributed by atoms with E-state index in [0.717, 1.165) is 18.2 Å². The topological polar surface area (TPSA) is 59.6 Å². The van der Waals surface area contributed by atoms with Gasteiger partial charge in [-0.1, -0.05) is 0 Å². The maximum Gasteiger partial charge on any atom is 0.416 e. The lowest BCUT2D eigenvalue weighted by atomic mass is 10.1. The molecule has 0 spiro atoms. The summed E-state index contributed by atoms with van der Waals surface area (Å²) >= 11 is 0. The third-order valence-corrected chi connectivity index (χ3v) is 1.83. The Balaban J connectivity index is 3.09. The lowest BCUT2D eigenvalue weighted by molar-refractivity contribution is -0.137. The van der Waals surface area contributed by atoms with Gasteiger partial charge in [0.15, 0.2) is 0 Å². The molecule has 1 aromatic carbocycles.